The second kappa shape index (κ2) is 5.99. The molecule has 1 aromatic rings. The second-order valence-corrected chi connectivity index (χ2v) is 7.72. The molecule has 8 nitrogen and oxygen atoms in total. The Morgan fingerprint density at radius 1 is 1.30 bits per heavy atom. The van der Waals surface area contributed by atoms with Crippen molar-refractivity contribution in [1.82, 2.24) is 9.03 Å². The highest BCUT2D eigenvalue weighted by Gasteiger charge is 2.32. The number of nitrogens with one attached hydrogen (secondary N) is 1. The number of rotatable bonds is 5. The Kier molecular flexibility index (Phi) is 4.17. The monoisotopic (exact) mass is 341 g/mol. The number of hydrogen-bond acceptors (Lipinski definition) is 5. The average Bonchev–Trinajstić information content (AvgIpc) is 3.10. The van der Waals surface area contributed by atoms with E-state index in [9.17, 15) is 13.2 Å². The van der Waals surface area contributed by atoms with E-state index in [-0.39, 0.29) is 25.2 Å². The smallest absolute Gasteiger partial charge is 0.278 e. The van der Waals surface area contributed by atoms with Gasteiger partial charge in [-0.1, -0.05) is 0 Å². The summed E-state index contributed by atoms with van der Waals surface area (Å²) in [6.45, 7) is 0.878. The fraction of sp³-hybridized carbons (Fsp3) is 0.500. The van der Waals surface area contributed by atoms with Crippen molar-refractivity contribution in [2.24, 2.45) is 5.92 Å². The SMILES string of the molecule is CN(C)S(=O)(=O)NC[C@H]1CC(=O)N(c2ccc3c(c2)OCO3)C1. The van der Waals surface area contributed by atoms with Crippen LogP contribution in [0.4, 0.5) is 5.69 Å². The van der Waals surface area contributed by atoms with E-state index >= 15 is 0 Å². The van der Waals surface area contributed by atoms with Crippen LogP contribution in [0.1, 0.15) is 6.42 Å². The molecule has 2 aliphatic rings. The predicted molar refractivity (Wildman–Crippen MR) is 83.6 cm³/mol. The third-order valence-corrected chi connectivity index (χ3v) is 5.40. The van der Waals surface area contributed by atoms with Crippen molar-refractivity contribution in [1.29, 1.82) is 0 Å². The first kappa shape index (κ1) is 16.0. The van der Waals surface area contributed by atoms with Crippen molar-refractivity contribution in [2.75, 3.05) is 38.9 Å². The van der Waals surface area contributed by atoms with E-state index in [4.69, 9.17) is 9.47 Å². The van der Waals surface area contributed by atoms with E-state index < -0.39 is 10.2 Å². The zero-order chi connectivity index (χ0) is 16.6. The highest BCUT2D eigenvalue weighted by Crippen LogP contribution is 2.37. The molecule has 0 aromatic heterocycles. The maximum Gasteiger partial charge on any atom is 0.278 e. The van der Waals surface area contributed by atoms with Crippen LogP contribution in [0.2, 0.25) is 0 Å². The van der Waals surface area contributed by atoms with Crippen LogP contribution in [-0.4, -0.2) is 52.6 Å². The maximum atomic E-state index is 12.2. The molecule has 1 saturated heterocycles. The van der Waals surface area contributed by atoms with Crippen LogP contribution < -0.4 is 19.1 Å². The fourth-order valence-electron chi connectivity index (χ4n) is 2.57. The van der Waals surface area contributed by atoms with Crippen LogP contribution in [0.5, 0.6) is 11.5 Å². The van der Waals surface area contributed by atoms with Gasteiger partial charge in [0.05, 0.1) is 0 Å². The first-order valence-corrected chi connectivity index (χ1v) is 8.68. The van der Waals surface area contributed by atoms with Gasteiger partial charge in [-0.05, 0) is 18.1 Å². The topological polar surface area (TPSA) is 88.2 Å². The van der Waals surface area contributed by atoms with Crippen molar-refractivity contribution in [3.63, 3.8) is 0 Å². The van der Waals surface area contributed by atoms with E-state index in [1.165, 1.54) is 14.1 Å². The van der Waals surface area contributed by atoms with Gasteiger partial charge in [0, 0.05) is 45.4 Å². The van der Waals surface area contributed by atoms with Crippen LogP contribution in [0, 0.1) is 5.92 Å². The number of nitrogens with zero attached hydrogens (tertiary/aromatic N) is 2. The van der Waals surface area contributed by atoms with Gasteiger partial charge < -0.3 is 14.4 Å². The molecule has 126 valence electrons. The molecule has 0 aliphatic carbocycles. The summed E-state index contributed by atoms with van der Waals surface area (Å²) in [5, 5.41) is 0. The molecule has 0 saturated carbocycles. The van der Waals surface area contributed by atoms with Gasteiger partial charge in [0.1, 0.15) is 0 Å². The summed E-state index contributed by atoms with van der Waals surface area (Å²) < 4.78 is 37.7. The van der Waals surface area contributed by atoms with E-state index in [1.807, 2.05) is 0 Å². The largest absolute Gasteiger partial charge is 0.454 e. The normalized spacial score (nSPS) is 20.6. The Morgan fingerprint density at radius 3 is 2.78 bits per heavy atom. The lowest BCUT2D eigenvalue weighted by atomic mass is 10.1. The summed E-state index contributed by atoms with van der Waals surface area (Å²) in [7, 11) is -0.558. The lowest BCUT2D eigenvalue weighted by Crippen LogP contribution is -2.38. The summed E-state index contributed by atoms with van der Waals surface area (Å²) in [5.74, 6) is 1.18. The third-order valence-electron chi connectivity index (χ3n) is 3.91. The first-order chi connectivity index (χ1) is 10.9. The molecule has 2 heterocycles. The van der Waals surface area contributed by atoms with Gasteiger partial charge >= 0.3 is 0 Å². The molecule has 1 aromatic carbocycles. The van der Waals surface area contributed by atoms with Crippen LogP contribution in [0.25, 0.3) is 0 Å². The Hall–Kier alpha value is -1.84. The summed E-state index contributed by atoms with van der Waals surface area (Å²) in [5.41, 5.74) is 0.734. The number of fused-ring (bicyclic) bond motifs is 1. The molecule has 1 fully saturated rings. The first-order valence-electron chi connectivity index (χ1n) is 7.24. The summed E-state index contributed by atoms with van der Waals surface area (Å²) in [6.07, 6.45) is 0.310. The molecule has 0 radical (unpaired) electrons. The van der Waals surface area contributed by atoms with Gasteiger partial charge in [-0.3, -0.25) is 4.79 Å². The maximum absolute atomic E-state index is 12.2. The molecule has 1 amide bonds. The van der Waals surface area contributed by atoms with Crippen molar-refractivity contribution < 1.29 is 22.7 Å². The highest BCUT2D eigenvalue weighted by atomic mass is 32.2. The van der Waals surface area contributed by atoms with E-state index in [1.54, 1.807) is 23.1 Å². The van der Waals surface area contributed by atoms with Crippen LogP contribution in [0.15, 0.2) is 18.2 Å². The van der Waals surface area contributed by atoms with Gasteiger partial charge in [-0.25, -0.2) is 4.72 Å². The molecule has 2 aliphatic heterocycles. The number of amides is 1. The highest BCUT2D eigenvalue weighted by molar-refractivity contribution is 7.87. The Labute approximate surface area is 135 Å². The molecular formula is C14H19N3O5S. The molecule has 1 N–H and O–H groups in total. The van der Waals surface area contributed by atoms with Gasteiger partial charge in [-0.15, -0.1) is 0 Å². The summed E-state index contributed by atoms with van der Waals surface area (Å²) >= 11 is 0. The molecule has 9 heteroatoms. The molecular weight excluding hydrogens is 322 g/mol. The Balaban J connectivity index is 1.66. The minimum atomic E-state index is -3.48. The van der Waals surface area contributed by atoms with E-state index in [0.29, 0.717) is 24.5 Å². The molecule has 1 atom stereocenters. The number of anilines is 1. The second-order valence-electron chi connectivity index (χ2n) is 5.75. The zero-order valence-electron chi connectivity index (χ0n) is 13.0. The quantitative estimate of drug-likeness (QED) is 0.824. The summed E-state index contributed by atoms with van der Waals surface area (Å²) in [6, 6.07) is 5.34. The van der Waals surface area contributed by atoms with Crippen LogP contribution >= 0.6 is 0 Å². The molecule has 0 bridgehead atoms. The van der Waals surface area contributed by atoms with Crippen molar-refractivity contribution >= 4 is 21.8 Å². The zero-order valence-corrected chi connectivity index (χ0v) is 13.8. The summed E-state index contributed by atoms with van der Waals surface area (Å²) in [4.78, 5) is 13.9. The molecule has 0 spiro atoms. The van der Waals surface area contributed by atoms with Crippen LogP contribution in [0.3, 0.4) is 0 Å². The van der Waals surface area contributed by atoms with Gasteiger partial charge in [0.25, 0.3) is 10.2 Å². The molecule has 3 rings (SSSR count). The van der Waals surface area contributed by atoms with Gasteiger partial charge in [0.15, 0.2) is 11.5 Å². The number of carbonyl (C=O) groups is 1. The lowest BCUT2D eigenvalue weighted by Gasteiger charge is -2.18. The minimum Gasteiger partial charge on any atom is -0.454 e. The average molecular weight is 341 g/mol. The van der Waals surface area contributed by atoms with E-state index in [0.717, 1.165) is 9.99 Å². The number of carbonyl (C=O) groups excluding carboxylic acids is 1. The Morgan fingerprint density at radius 2 is 2.04 bits per heavy atom. The standard InChI is InChI=1S/C14H19N3O5S/c1-16(2)23(19,20)15-7-10-5-14(18)17(8-10)11-3-4-12-13(6-11)22-9-21-12/h3-4,6,10,15H,5,7-9H2,1-2H3/t10-/m1/s1. The van der Waals surface area contributed by atoms with Gasteiger partial charge in [0.2, 0.25) is 12.7 Å². The van der Waals surface area contributed by atoms with Crippen molar-refractivity contribution in [3.05, 3.63) is 18.2 Å². The molecule has 23 heavy (non-hydrogen) atoms. The van der Waals surface area contributed by atoms with E-state index in [2.05, 4.69) is 4.72 Å². The van der Waals surface area contributed by atoms with Crippen LogP contribution in [-0.2, 0) is 15.0 Å². The fourth-order valence-corrected chi connectivity index (χ4v) is 3.28. The van der Waals surface area contributed by atoms with Crippen molar-refractivity contribution in [2.45, 2.75) is 6.42 Å². The minimum absolute atomic E-state index is 0.0297. The predicted octanol–water partition coefficient (Wildman–Crippen LogP) is 0.164. The number of benzene rings is 1. The number of hydrogen-bond donors (Lipinski definition) is 1. The Bertz CT molecular complexity index is 719. The molecule has 0 unspecified atom stereocenters. The number of ether oxygens (including phenoxy) is 2. The third kappa shape index (κ3) is 3.26. The lowest BCUT2D eigenvalue weighted by molar-refractivity contribution is -0.117. The van der Waals surface area contributed by atoms with Crippen molar-refractivity contribution in [3.8, 4) is 11.5 Å². The van der Waals surface area contributed by atoms with Gasteiger partial charge in [-0.2, -0.15) is 12.7 Å².